The third kappa shape index (κ3) is 47.7. The topological polar surface area (TPSA) is 423 Å². The Morgan fingerprint density at radius 3 is 1.40 bits per heavy atom. The minimum absolute atomic E-state index is 0.00173. The van der Waals surface area contributed by atoms with Crippen molar-refractivity contribution in [3.8, 4) is 0 Å². The van der Waals surface area contributed by atoms with Crippen LogP contribution in [0.25, 0.3) is 0 Å². The van der Waals surface area contributed by atoms with Crippen molar-refractivity contribution >= 4 is 70.8 Å². The van der Waals surface area contributed by atoms with Gasteiger partial charge in [0.15, 0.2) is 5.78 Å². The number of carboxylic acids is 5. The highest BCUT2D eigenvalue weighted by atomic mass is 16.5. The molecule has 0 saturated carbocycles. The summed E-state index contributed by atoms with van der Waals surface area (Å²) in [6.07, 6.45) is 14.4. The molecule has 0 spiro atoms. The van der Waals surface area contributed by atoms with Gasteiger partial charge in [0.1, 0.15) is 36.9 Å². The summed E-state index contributed by atoms with van der Waals surface area (Å²) in [4.78, 5) is 144. The molecule has 0 bridgehead atoms. The monoisotopic (exact) mass is 1250 g/mol. The fourth-order valence-electron chi connectivity index (χ4n) is 9.16. The molecule has 0 aliphatic rings. The number of aliphatic hydroxyl groups is 1. The zero-order chi connectivity index (χ0) is 65.0. The highest BCUT2D eigenvalue weighted by molar-refractivity contribution is 5.88. The van der Waals surface area contributed by atoms with Gasteiger partial charge in [-0.2, -0.15) is 0 Å². The molecule has 0 radical (unpaired) electrons. The first-order valence-electron chi connectivity index (χ1n) is 31.0. The van der Waals surface area contributed by atoms with Gasteiger partial charge in [0.2, 0.25) is 23.6 Å². The third-order valence-electron chi connectivity index (χ3n) is 14.4. The summed E-state index contributed by atoms with van der Waals surface area (Å²) < 4.78 is 21.4. The van der Waals surface area contributed by atoms with Crippen LogP contribution in [0.5, 0.6) is 0 Å². The van der Waals surface area contributed by atoms with Crippen molar-refractivity contribution in [3.63, 3.8) is 0 Å². The number of carbonyl (C=O) groups is 12. The molecule has 0 aliphatic carbocycles. The van der Waals surface area contributed by atoms with E-state index in [1.54, 1.807) is 7.05 Å². The van der Waals surface area contributed by atoms with Gasteiger partial charge < -0.3 is 76.2 Å². The first-order chi connectivity index (χ1) is 41.6. The van der Waals surface area contributed by atoms with Gasteiger partial charge in [-0.15, -0.1) is 0 Å². The van der Waals surface area contributed by atoms with Crippen molar-refractivity contribution in [1.29, 1.82) is 0 Å². The number of unbranched alkanes of at least 4 members (excludes halogenated alkanes) is 14. The number of carboxylic acid groups (broad SMARTS) is 5. The highest BCUT2D eigenvalue weighted by Gasteiger charge is 2.28. The summed E-state index contributed by atoms with van der Waals surface area (Å²) in [5, 5.41) is 69.4. The minimum Gasteiger partial charge on any atom is -0.481 e. The summed E-state index contributed by atoms with van der Waals surface area (Å²) in [7, 11) is 1.60. The Hall–Kier alpha value is -6.00. The van der Waals surface area contributed by atoms with Crippen LogP contribution in [-0.2, 0) is 76.5 Å². The molecule has 4 amide bonds. The van der Waals surface area contributed by atoms with Crippen LogP contribution in [0.15, 0.2) is 0 Å². The van der Waals surface area contributed by atoms with E-state index in [1.165, 1.54) is 39.0 Å². The Kier molecular flexibility index (Phi) is 49.4. The van der Waals surface area contributed by atoms with E-state index < -0.39 is 102 Å². The van der Waals surface area contributed by atoms with Crippen LogP contribution in [0.1, 0.15) is 200 Å². The van der Waals surface area contributed by atoms with Crippen LogP contribution in [0.4, 0.5) is 0 Å². The van der Waals surface area contributed by atoms with E-state index in [9.17, 15) is 83.1 Å². The molecule has 0 heterocycles. The number of hydrogen-bond acceptors (Lipinski definition) is 18. The van der Waals surface area contributed by atoms with Gasteiger partial charge in [-0.3, -0.25) is 47.9 Å². The standard InChI is InChI=1S/C60H103N5O22/c1-43(66)47(58(78)79)26-29-51(69)48(61-2)21-17-18-32-62-52(70)30-24-44(57(76)77)40-45(67)25-27-49(59(80)81)65-55(73)42-87-39-36-84-34-19-20-46(68)41-86-38-37-85-35-33-63-53(71)31-28-50(60(82)83)64-54(72)22-15-13-11-9-7-5-3-4-6-8-10-12-14-16-23-56(74)75/h43-44,47-50,61,66H,3-42H2,1-2H3,(H,62,70)(H,63,71)(H,64,72)(H,65,73)(H,74,75)(H,76,77)(H,78,79)(H,80,81)(H,82,83)/t43-,44-,47+,48+,49+,50+/m1/s1. The zero-order valence-electron chi connectivity index (χ0n) is 51.5. The van der Waals surface area contributed by atoms with Gasteiger partial charge in [0, 0.05) is 71.1 Å². The quantitative estimate of drug-likeness (QED) is 0.0378. The van der Waals surface area contributed by atoms with Gasteiger partial charge in [-0.05, 0) is 78.2 Å². The largest absolute Gasteiger partial charge is 0.481 e. The number of nitrogens with one attached hydrogen (secondary N) is 5. The maximum atomic E-state index is 12.7. The van der Waals surface area contributed by atoms with Crippen LogP contribution in [-0.4, -0.2) is 199 Å². The molecule has 27 nitrogen and oxygen atoms in total. The summed E-state index contributed by atoms with van der Waals surface area (Å²) in [6, 6.07) is -3.18. The van der Waals surface area contributed by atoms with E-state index in [0.29, 0.717) is 32.1 Å². The summed E-state index contributed by atoms with van der Waals surface area (Å²) in [5.41, 5.74) is 0. The number of aliphatic hydroxyl groups excluding tert-OH is 1. The number of ether oxygens (including phenoxy) is 4. The molecular formula is C60H103N5O22. The Balaban J connectivity index is 4.07. The summed E-state index contributed by atoms with van der Waals surface area (Å²) in [6.45, 7) is 1.78. The molecule has 0 aromatic carbocycles. The van der Waals surface area contributed by atoms with Gasteiger partial charge in [-0.1, -0.05) is 77.0 Å². The average molecular weight is 1250 g/mol. The predicted molar refractivity (Wildman–Crippen MR) is 316 cm³/mol. The smallest absolute Gasteiger partial charge is 0.326 e. The maximum Gasteiger partial charge on any atom is 0.326 e. The summed E-state index contributed by atoms with van der Waals surface area (Å²) >= 11 is 0. The number of aliphatic carboxylic acids is 5. The molecule has 0 aromatic rings. The van der Waals surface area contributed by atoms with Gasteiger partial charge in [-0.25, -0.2) is 9.59 Å². The number of hydrogen-bond donors (Lipinski definition) is 11. The molecule has 0 fully saturated rings. The first-order valence-corrected chi connectivity index (χ1v) is 31.0. The Labute approximate surface area is 511 Å². The second-order valence-corrected chi connectivity index (χ2v) is 21.9. The lowest BCUT2D eigenvalue weighted by molar-refractivity contribution is -0.146. The molecule has 0 rings (SSSR count). The van der Waals surface area contributed by atoms with E-state index in [1.807, 2.05) is 0 Å². The lowest BCUT2D eigenvalue weighted by atomic mass is 9.93. The van der Waals surface area contributed by atoms with Crippen molar-refractivity contribution in [2.45, 2.75) is 224 Å². The Morgan fingerprint density at radius 2 is 0.874 bits per heavy atom. The van der Waals surface area contributed by atoms with Crippen molar-refractivity contribution in [2.75, 3.05) is 73.0 Å². The zero-order valence-corrected chi connectivity index (χ0v) is 51.5. The molecule has 6 atom stereocenters. The molecule has 0 aliphatic heterocycles. The number of carbonyl (C=O) groups excluding carboxylic acids is 7. The molecule has 500 valence electrons. The molecule has 0 saturated heterocycles. The lowest BCUT2D eigenvalue weighted by Crippen LogP contribution is -2.42. The van der Waals surface area contributed by atoms with Gasteiger partial charge in [0.25, 0.3) is 0 Å². The second-order valence-electron chi connectivity index (χ2n) is 21.9. The number of rotatable bonds is 62. The fraction of sp³-hybridized carbons (Fsp3) is 0.800. The SMILES string of the molecule is CN[C@@H](CCCCNC(=O)CC[C@H](CC(=O)CC[C@H](NC(=O)COCCOCCCC(=O)COCCOCCNC(=O)CC[C@H](NC(=O)CCCCCCCCCCCCCCCCC(=O)O)C(=O)O)C(=O)O)C(=O)O)C(=O)CC[C@H](C(=O)O)[C@@H](C)O. The van der Waals surface area contributed by atoms with Crippen LogP contribution >= 0.6 is 0 Å². The average Bonchev–Trinajstić information content (AvgIpc) is 3.52. The first kappa shape index (κ1) is 81.0. The molecule has 11 N–H and O–H groups in total. The van der Waals surface area contributed by atoms with E-state index in [0.717, 1.165) is 51.4 Å². The van der Waals surface area contributed by atoms with E-state index in [4.69, 9.17) is 24.1 Å². The van der Waals surface area contributed by atoms with E-state index >= 15 is 0 Å². The Morgan fingerprint density at radius 1 is 0.379 bits per heavy atom. The van der Waals surface area contributed by atoms with Crippen LogP contribution in [0.3, 0.4) is 0 Å². The van der Waals surface area contributed by atoms with Crippen LogP contribution in [0, 0.1) is 11.8 Å². The number of amides is 4. The molecule has 87 heavy (non-hydrogen) atoms. The second kappa shape index (κ2) is 53.1. The number of ketones is 3. The highest BCUT2D eigenvalue weighted by Crippen LogP contribution is 2.18. The fourth-order valence-corrected chi connectivity index (χ4v) is 9.16. The molecule has 0 unspecified atom stereocenters. The van der Waals surface area contributed by atoms with Crippen molar-refractivity contribution in [2.24, 2.45) is 11.8 Å². The molecular weight excluding hydrogens is 1140 g/mol. The number of likely N-dealkylation sites (N-methyl/N-ethyl adjacent to an activating group) is 1. The van der Waals surface area contributed by atoms with Crippen LogP contribution < -0.4 is 26.6 Å². The van der Waals surface area contributed by atoms with Crippen LogP contribution in [0.2, 0.25) is 0 Å². The van der Waals surface area contributed by atoms with Gasteiger partial charge in [0.05, 0.1) is 57.0 Å². The Bertz CT molecular complexity index is 2030. The normalized spacial score (nSPS) is 13.3. The van der Waals surface area contributed by atoms with Crippen molar-refractivity contribution in [3.05, 3.63) is 0 Å². The lowest BCUT2D eigenvalue weighted by Gasteiger charge is -2.18. The third-order valence-corrected chi connectivity index (χ3v) is 14.4. The maximum absolute atomic E-state index is 12.7. The van der Waals surface area contributed by atoms with Crippen molar-refractivity contribution in [1.82, 2.24) is 26.6 Å². The minimum atomic E-state index is -1.46. The van der Waals surface area contributed by atoms with Gasteiger partial charge >= 0.3 is 29.8 Å². The molecule has 27 heteroatoms. The molecule has 0 aromatic heterocycles. The number of Topliss-reactive ketones (excluding diaryl/α,β-unsaturated/α-hetero) is 3. The van der Waals surface area contributed by atoms with E-state index in [-0.39, 0.29) is 147 Å². The van der Waals surface area contributed by atoms with Crippen molar-refractivity contribution < 1.29 is 107 Å². The predicted octanol–water partition coefficient (Wildman–Crippen LogP) is 4.29. The summed E-state index contributed by atoms with van der Waals surface area (Å²) in [5.74, 6) is -11.0. The van der Waals surface area contributed by atoms with E-state index in [2.05, 4.69) is 26.6 Å².